The molecule has 0 bridgehead atoms. The number of methoxy groups -OCH3 is 2. The second-order valence-electron chi connectivity index (χ2n) is 6.49. The van der Waals surface area contributed by atoms with Crippen LogP contribution in [0.1, 0.15) is 29.8 Å². The van der Waals surface area contributed by atoms with Crippen LogP contribution in [-0.2, 0) is 21.2 Å². The van der Waals surface area contributed by atoms with Crippen molar-refractivity contribution in [3.63, 3.8) is 0 Å². The first-order chi connectivity index (χ1) is 14.8. The Labute approximate surface area is 182 Å². The lowest BCUT2D eigenvalue weighted by atomic mass is 10.1. The molecule has 0 aliphatic carbocycles. The van der Waals surface area contributed by atoms with Crippen LogP contribution in [0.3, 0.4) is 0 Å². The molecule has 2 N–H and O–H groups in total. The molecule has 0 heterocycles. The van der Waals surface area contributed by atoms with Crippen molar-refractivity contribution in [1.82, 2.24) is 15.2 Å². The van der Waals surface area contributed by atoms with Gasteiger partial charge in [-0.05, 0) is 35.9 Å². The molecule has 10 heteroatoms. The van der Waals surface area contributed by atoms with E-state index in [1.54, 1.807) is 32.0 Å². The molecule has 2 rings (SSSR count). The van der Waals surface area contributed by atoms with Crippen LogP contribution in [0.15, 0.2) is 47.4 Å². The Kier molecular flexibility index (Phi) is 8.40. The van der Waals surface area contributed by atoms with Crippen molar-refractivity contribution in [2.75, 3.05) is 27.3 Å². The van der Waals surface area contributed by atoms with Gasteiger partial charge in [-0.3, -0.25) is 20.4 Å². The fourth-order valence-corrected chi connectivity index (χ4v) is 4.43. The van der Waals surface area contributed by atoms with E-state index in [0.717, 1.165) is 0 Å². The van der Waals surface area contributed by atoms with Gasteiger partial charge in [0.2, 0.25) is 15.9 Å². The maximum Gasteiger partial charge on any atom is 0.269 e. The first kappa shape index (κ1) is 24.2. The van der Waals surface area contributed by atoms with Crippen LogP contribution in [0.5, 0.6) is 11.5 Å². The Morgan fingerprint density at radius 1 is 0.935 bits per heavy atom. The lowest BCUT2D eigenvalue weighted by Gasteiger charge is -2.18. The topological polar surface area (TPSA) is 114 Å². The zero-order valence-electron chi connectivity index (χ0n) is 18.0. The van der Waals surface area contributed by atoms with Crippen molar-refractivity contribution >= 4 is 21.8 Å². The molecule has 0 fully saturated rings. The molecule has 9 nitrogen and oxygen atoms in total. The predicted octanol–water partition coefficient (Wildman–Crippen LogP) is 1.74. The third-order valence-electron chi connectivity index (χ3n) is 4.57. The molecule has 0 aliphatic rings. The van der Waals surface area contributed by atoms with E-state index in [1.807, 2.05) is 0 Å². The standard InChI is InChI=1S/C21H27N3O6S/c1-5-24(6-2)31(27,28)17-9-7-8-16(14-17)21(26)23-22-20(25)13-15-10-11-18(29-3)19(12-15)30-4/h7-12,14H,5-6,13H2,1-4H3,(H,22,25)(H,23,26). The highest BCUT2D eigenvalue weighted by Gasteiger charge is 2.22. The number of benzene rings is 2. The molecule has 31 heavy (non-hydrogen) atoms. The number of amides is 2. The average Bonchev–Trinajstić information content (AvgIpc) is 2.78. The summed E-state index contributed by atoms with van der Waals surface area (Å²) in [6.07, 6.45) is -0.00296. The molecule has 0 aromatic heterocycles. The smallest absolute Gasteiger partial charge is 0.269 e. The quantitative estimate of drug-likeness (QED) is 0.564. The van der Waals surface area contributed by atoms with E-state index in [2.05, 4.69) is 10.9 Å². The van der Waals surface area contributed by atoms with Crippen molar-refractivity contribution in [3.05, 3.63) is 53.6 Å². The number of nitrogens with zero attached hydrogens (tertiary/aromatic N) is 1. The number of nitrogens with one attached hydrogen (secondary N) is 2. The van der Waals surface area contributed by atoms with Crippen LogP contribution in [0.25, 0.3) is 0 Å². The second kappa shape index (κ2) is 10.8. The third kappa shape index (κ3) is 5.96. The van der Waals surface area contributed by atoms with Crippen molar-refractivity contribution in [2.45, 2.75) is 25.2 Å². The van der Waals surface area contributed by atoms with Crippen molar-refractivity contribution in [2.24, 2.45) is 0 Å². The van der Waals surface area contributed by atoms with Crippen molar-refractivity contribution < 1.29 is 27.5 Å². The molecule has 0 saturated carbocycles. The normalized spacial score (nSPS) is 11.1. The summed E-state index contributed by atoms with van der Waals surface area (Å²) in [6, 6.07) is 10.7. The number of sulfonamides is 1. The van der Waals surface area contributed by atoms with Crippen LogP contribution in [0.4, 0.5) is 0 Å². The van der Waals surface area contributed by atoms with Gasteiger partial charge in [0, 0.05) is 18.7 Å². The third-order valence-corrected chi connectivity index (χ3v) is 6.61. The predicted molar refractivity (Wildman–Crippen MR) is 115 cm³/mol. The van der Waals surface area contributed by atoms with Gasteiger partial charge in [0.05, 0.1) is 25.5 Å². The fourth-order valence-electron chi connectivity index (χ4n) is 2.93. The van der Waals surface area contributed by atoms with E-state index >= 15 is 0 Å². The van der Waals surface area contributed by atoms with Gasteiger partial charge in [0.25, 0.3) is 5.91 Å². The van der Waals surface area contributed by atoms with E-state index in [0.29, 0.717) is 30.2 Å². The highest BCUT2D eigenvalue weighted by atomic mass is 32.2. The van der Waals surface area contributed by atoms with Gasteiger partial charge in [-0.2, -0.15) is 4.31 Å². The largest absolute Gasteiger partial charge is 0.493 e. The number of carbonyl (C=O) groups excluding carboxylic acids is 2. The van der Waals surface area contributed by atoms with Crippen LogP contribution in [-0.4, -0.2) is 51.8 Å². The minimum absolute atomic E-state index is 0.00296. The highest BCUT2D eigenvalue weighted by Crippen LogP contribution is 2.27. The van der Waals surface area contributed by atoms with Gasteiger partial charge in [0.15, 0.2) is 11.5 Å². The minimum Gasteiger partial charge on any atom is -0.493 e. The summed E-state index contributed by atoms with van der Waals surface area (Å²) in [5.41, 5.74) is 5.41. The van der Waals surface area contributed by atoms with Crippen LogP contribution < -0.4 is 20.3 Å². The highest BCUT2D eigenvalue weighted by molar-refractivity contribution is 7.89. The molecule has 0 spiro atoms. The number of ether oxygens (including phenoxy) is 2. The maximum absolute atomic E-state index is 12.6. The summed E-state index contributed by atoms with van der Waals surface area (Å²) < 4.78 is 36.9. The monoisotopic (exact) mass is 449 g/mol. The number of carbonyl (C=O) groups is 2. The molecule has 2 amide bonds. The van der Waals surface area contributed by atoms with Crippen LogP contribution in [0.2, 0.25) is 0 Å². The number of rotatable bonds is 9. The van der Waals surface area contributed by atoms with Gasteiger partial charge < -0.3 is 9.47 Å². The number of hydrazine groups is 1. The first-order valence-electron chi connectivity index (χ1n) is 9.67. The Bertz CT molecular complexity index is 1040. The minimum atomic E-state index is -3.70. The van der Waals surface area contributed by atoms with Crippen LogP contribution >= 0.6 is 0 Å². The summed E-state index contributed by atoms with van der Waals surface area (Å²) in [5, 5.41) is 0. The Hall–Kier alpha value is -3.11. The summed E-state index contributed by atoms with van der Waals surface area (Å²) in [7, 11) is -0.685. The molecule has 2 aromatic carbocycles. The maximum atomic E-state index is 12.6. The molecular weight excluding hydrogens is 422 g/mol. The molecule has 0 saturated heterocycles. The fraction of sp³-hybridized carbons (Fsp3) is 0.333. The van der Waals surface area contributed by atoms with Gasteiger partial charge in [0.1, 0.15) is 0 Å². The number of hydrogen-bond donors (Lipinski definition) is 2. The summed E-state index contributed by atoms with van der Waals surface area (Å²) in [5.74, 6) is -0.0488. The van der Waals surface area contributed by atoms with Gasteiger partial charge in [-0.15, -0.1) is 0 Å². The Balaban J connectivity index is 2.04. The first-order valence-corrected chi connectivity index (χ1v) is 11.1. The van der Waals surface area contributed by atoms with Crippen molar-refractivity contribution in [1.29, 1.82) is 0 Å². The second-order valence-corrected chi connectivity index (χ2v) is 8.42. The zero-order valence-corrected chi connectivity index (χ0v) is 18.8. The van der Waals surface area contributed by atoms with E-state index < -0.39 is 21.8 Å². The van der Waals surface area contributed by atoms with E-state index in [4.69, 9.17) is 9.47 Å². The summed E-state index contributed by atoms with van der Waals surface area (Å²) in [4.78, 5) is 24.6. The lowest BCUT2D eigenvalue weighted by molar-refractivity contribution is -0.121. The number of hydrogen-bond acceptors (Lipinski definition) is 6. The van der Waals surface area contributed by atoms with E-state index in [1.165, 1.54) is 42.8 Å². The van der Waals surface area contributed by atoms with E-state index in [9.17, 15) is 18.0 Å². The van der Waals surface area contributed by atoms with Gasteiger partial charge in [-0.25, -0.2) is 8.42 Å². The Morgan fingerprint density at radius 2 is 1.61 bits per heavy atom. The van der Waals surface area contributed by atoms with Gasteiger partial charge >= 0.3 is 0 Å². The molecule has 0 radical (unpaired) electrons. The molecule has 0 unspecified atom stereocenters. The molecule has 168 valence electrons. The van der Waals surface area contributed by atoms with Crippen LogP contribution in [0, 0.1) is 0 Å². The SMILES string of the molecule is CCN(CC)S(=O)(=O)c1cccc(C(=O)NNC(=O)Cc2ccc(OC)c(OC)c2)c1. The lowest BCUT2D eigenvalue weighted by Crippen LogP contribution is -2.42. The van der Waals surface area contributed by atoms with Crippen molar-refractivity contribution in [3.8, 4) is 11.5 Å². The molecule has 0 aliphatic heterocycles. The molecular formula is C21H27N3O6S. The van der Waals surface area contributed by atoms with E-state index in [-0.39, 0.29) is 16.9 Å². The summed E-state index contributed by atoms with van der Waals surface area (Å²) in [6.45, 7) is 4.13. The average molecular weight is 450 g/mol. The Morgan fingerprint density at radius 3 is 2.23 bits per heavy atom. The molecule has 2 aromatic rings. The summed E-state index contributed by atoms with van der Waals surface area (Å²) >= 11 is 0. The van der Waals surface area contributed by atoms with Gasteiger partial charge in [-0.1, -0.05) is 26.0 Å². The zero-order chi connectivity index (χ0) is 23.0. The molecule has 0 atom stereocenters.